The molecule has 0 radical (unpaired) electrons. The Morgan fingerprint density at radius 2 is 1.79 bits per heavy atom. The lowest BCUT2D eigenvalue weighted by Crippen LogP contribution is -2.48. The lowest BCUT2D eigenvalue weighted by atomic mass is 9.84. The Morgan fingerprint density at radius 3 is 2.47 bits per heavy atom. The van der Waals surface area contributed by atoms with Gasteiger partial charge in [0.15, 0.2) is 0 Å². The predicted octanol–water partition coefficient (Wildman–Crippen LogP) is 5.84. The minimum Gasteiger partial charge on any atom is -0.339 e. The molecule has 0 N–H and O–H groups in total. The third-order valence-electron chi connectivity index (χ3n) is 6.65. The Labute approximate surface area is 208 Å². The smallest absolute Gasteiger partial charge is 0.263 e. The lowest BCUT2D eigenvalue weighted by molar-refractivity contribution is 0.0522. The molecule has 2 amide bonds. The van der Waals surface area contributed by atoms with E-state index in [1.54, 1.807) is 28.8 Å². The second-order valence-electron chi connectivity index (χ2n) is 8.59. The fraction of sp³-hybridized carbons (Fsp3) is 0.333. The van der Waals surface area contributed by atoms with Gasteiger partial charge in [0, 0.05) is 31.1 Å². The van der Waals surface area contributed by atoms with Crippen LogP contribution in [0.5, 0.6) is 0 Å². The highest BCUT2D eigenvalue weighted by molar-refractivity contribution is 7.98. The van der Waals surface area contributed by atoms with Gasteiger partial charge in [0.05, 0.1) is 10.4 Å². The molecule has 0 bridgehead atoms. The molecular weight excluding hydrogens is 467 g/mol. The van der Waals surface area contributed by atoms with Crippen molar-refractivity contribution in [3.63, 3.8) is 0 Å². The third kappa shape index (κ3) is 5.36. The van der Waals surface area contributed by atoms with Gasteiger partial charge in [0.25, 0.3) is 11.8 Å². The van der Waals surface area contributed by atoms with Crippen LogP contribution in [0.1, 0.15) is 38.4 Å². The topological polar surface area (TPSA) is 40.6 Å². The van der Waals surface area contributed by atoms with Crippen LogP contribution in [0, 0.1) is 11.7 Å². The van der Waals surface area contributed by atoms with Crippen molar-refractivity contribution in [2.75, 3.05) is 26.4 Å². The number of piperidine rings is 1. The first-order valence-corrected chi connectivity index (χ1v) is 13.6. The highest BCUT2D eigenvalue weighted by Gasteiger charge is 2.34. The Morgan fingerprint density at radius 1 is 1.09 bits per heavy atom. The molecule has 0 aliphatic carbocycles. The van der Waals surface area contributed by atoms with Gasteiger partial charge in [-0.15, -0.1) is 23.1 Å². The second-order valence-corrected chi connectivity index (χ2v) is 10.4. The summed E-state index contributed by atoms with van der Waals surface area (Å²) in [5.74, 6) is -0.0556. The molecule has 1 unspecified atom stereocenters. The third-order valence-corrected chi connectivity index (χ3v) is 8.30. The minimum absolute atomic E-state index is 0.0382. The van der Waals surface area contributed by atoms with Crippen molar-refractivity contribution in [3.05, 3.63) is 87.9 Å². The van der Waals surface area contributed by atoms with Gasteiger partial charge < -0.3 is 9.80 Å². The SMILES string of the molecule is CSc1ccccc1C(=O)N1CCC(C(Cc2ccccc2F)N(C)C(=O)c2cccs2)CC1. The summed E-state index contributed by atoms with van der Waals surface area (Å²) >= 11 is 2.99. The maximum absolute atomic E-state index is 14.5. The normalized spacial score (nSPS) is 15.2. The number of amides is 2. The summed E-state index contributed by atoms with van der Waals surface area (Å²) in [6.45, 7) is 1.25. The number of nitrogens with zero attached hydrogens (tertiary/aromatic N) is 2. The molecule has 4 nitrogen and oxygen atoms in total. The van der Waals surface area contributed by atoms with Crippen molar-refractivity contribution in [1.29, 1.82) is 0 Å². The Hall–Kier alpha value is -2.64. The number of likely N-dealkylation sites (tertiary alicyclic amines) is 1. The average Bonchev–Trinajstić information content (AvgIpc) is 3.42. The summed E-state index contributed by atoms with van der Waals surface area (Å²) in [6.07, 6.45) is 3.98. The molecule has 3 aromatic rings. The minimum atomic E-state index is -0.245. The Balaban J connectivity index is 1.51. The van der Waals surface area contributed by atoms with Gasteiger partial charge in [0.1, 0.15) is 5.82 Å². The molecule has 2 aromatic carbocycles. The van der Waals surface area contributed by atoms with Crippen LogP contribution in [-0.4, -0.2) is 54.0 Å². The van der Waals surface area contributed by atoms with Gasteiger partial charge in [-0.25, -0.2) is 4.39 Å². The number of benzene rings is 2. The molecule has 7 heteroatoms. The number of carbonyl (C=O) groups excluding carboxylic acids is 2. The Bertz CT molecular complexity index is 1130. The zero-order valence-electron chi connectivity index (χ0n) is 19.4. The van der Waals surface area contributed by atoms with Crippen molar-refractivity contribution in [3.8, 4) is 0 Å². The van der Waals surface area contributed by atoms with Crippen molar-refractivity contribution < 1.29 is 14.0 Å². The Kier molecular flexibility index (Phi) is 8.06. The first-order chi connectivity index (χ1) is 16.5. The molecule has 0 saturated carbocycles. The van der Waals surface area contributed by atoms with Gasteiger partial charge in [-0.2, -0.15) is 0 Å². The van der Waals surface area contributed by atoms with E-state index < -0.39 is 0 Å². The number of hydrogen-bond acceptors (Lipinski definition) is 4. The predicted molar refractivity (Wildman–Crippen MR) is 137 cm³/mol. The zero-order chi connectivity index (χ0) is 24.1. The molecule has 0 spiro atoms. The summed E-state index contributed by atoms with van der Waals surface area (Å²) in [6, 6.07) is 18.0. The fourth-order valence-corrected chi connectivity index (χ4v) is 6.01. The molecule has 2 heterocycles. The van der Waals surface area contributed by atoms with Gasteiger partial charge in [-0.3, -0.25) is 9.59 Å². The van der Waals surface area contributed by atoms with Crippen molar-refractivity contribution >= 4 is 34.9 Å². The van der Waals surface area contributed by atoms with Crippen LogP contribution in [0.25, 0.3) is 0 Å². The molecule has 1 aliphatic rings. The van der Waals surface area contributed by atoms with Crippen LogP contribution in [-0.2, 0) is 6.42 Å². The first-order valence-electron chi connectivity index (χ1n) is 11.5. The maximum Gasteiger partial charge on any atom is 0.263 e. The quantitative estimate of drug-likeness (QED) is 0.386. The lowest BCUT2D eigenvalue weighted by Gasteiger charge is -2.40. The van der Waals surface area contributed by atoms with Crippen LogP contribution in [0.3, 0.4) is 0 Å². The molecule has 1 aliphatic heterocycles. The van der Waals surface area contributed by atoms with Crippen molar-refractivity contribution in [1.82, 2.24) is 9.80 Å². The zero-order valence-corrected chi connectivity index (χ0v) is 21.1. The molecule has 1 aromatic heterocycles. The largest absolute Gasteiger partial charge is 0.339 e. The number of carbonyl (C=O) groups is 2. The maximum atomic E-state index is 14.5. The highest BCUT2D eigenvalue weighted by Crippen LogP contribution is 2.30. The standard InChI is InChI=1S/C27H29FN2O2S2/c1-29(27(32)25-12-7-17-34-25)23(18-20-8-3-5-10-22(20)28)19-13-15-30(16-14-19)26(31)21-9-4-6-11-24(21)33-2/h3-12,17,19,23H,13-16,18H2,1-2H3. The summed E-state index contributed by atoms with van der Waals surface area (Å²) in [4.78, 5) is 31.7. The number of thioether (sulfide) groups is 1. The van der Waals surface area contributed by atoms with Crippen LogP contribution < -0.4 is 0 Å². The van der Waals surface area contributed by atoms with Crippen LogP contribution in [0.2, 0.25) is 0 Å². The summed E-state index contributed by atoms with van der Waals surface area (Å²) in [5, 5.41) is 1.89. The van der Waals surface area contributed by atoms with E-state index >= 15 is 0 Å². The molecule has 1 saturated heterocycles. The van der Waals surface area contributed by atoms with E-state index in [4.69, 9.17) is 0 Å². The van der Waals surface area contributed by atoms with Crippen LogP contribution in [0.4, 0.5) is 4.39 Å². The summed E-state index contributed by atoms with van der Waals surface area (Å²) < 4.78 is 14.5. The van der Waals surface area contributed by atoms with Crippen molar-refractivity contribution in [2.45, 2.75) is 30.2 Å². The number of rotatable bonds is 7. The number of halogens is 1. The van der Waals surface area contributed by atoms with E-state index in [1.165, 1.54) is 17.4 Å². The van der Waals surface area contributed by atoms with Gasteiger partial charge >= 0.3 is 0 Å². The van der Waals surface area contributed by atoms with E-state index in [0.29, 0.717) is 30.0 Å². The molecule has 1 fully saturated rings. The fourth-order valence-electron chi connectivity index (χ4n) is 4.71. The second kappa shape index (κ2) is 11.2. The van der Waals surface area contributed by atoms with Gasteiger partial charge in [-0.1, -0.05) is 36.4 Å². The summed E-state index contributed by atoms with van der Waals surface area (Å²) in [5.41, 5.74) is 1.35. The molecular formula is C27H29FN2O2S2. The monoisotopic (exact) mass is 496 g/mol. The summed E-state index contributed by atoms with van der Waals surface area (Å²) in [7, 11) is 1.82. The van der Waals surface area contributed by atoms with Crippen molar-refractivity contribution in [2.24, 2.45) is 5.92 Å². The molecule has 178 valence electrons. The number of hydrogen-bond donors (Lipinski definition) is 0. The average molecular weight is 497 g/mol. The molecule has 34 heavy (non-hydrogen) atoms. The van der Waals surface area contributed by atoms with Crippen LogP contribution in [0.15, 0.2) is 70.9 Å². The highest BCUT2D eigenvalue weighted by atomic mass is 32.2. The van der Waals surface area contributed by atoms with E-state index in [0.717, 1.165) is 23.3 Å². The van der Waals surface area contributed by atoms with Gasteiger partial charge in [-0.05, 0) is 66.6 Å². The van der Waals surface area contributed by atoms with E-state index in [2.05, 4.69) is 0 Å². The van der Waals surface area contributed by atoms with Gasteiger partial charge in [0.2, 0.25) is 0 Å². The number of likely N-dealkylation sites (N-methyl/N-ethyl adjacent to an activating group) is 1. The van der Waals surface area contributed by atoms with E-state index in [-0.39, 0.29) is 29.6 Å². The molecule has 1 atom stereocenters. The molecule has 4 rings (SSSR count). The van der Waals surface area contributed by atoms with Crippen LogP contribution >= 0.6 is 23.1 Å². The number of thiophene rings is 1. The van der Waals surface area contributed by atoms with E-state index in [1.807, 2.05) is 66.0 Å². The van der Waals surface area contributed by atoms with E-state index in [9.17, 15) is 14.0 Å². The first kappa shape index (κ1) is 24.5.